The summed E-state index contributed by atoms with van der Waals surface area (Å²) < 4.78 is 11.0. The van der Waals surface area contributed by atoms with Gasteiger partial charge < -0.3 is 19.8 Å². The quantitative estimate of drug-likeness (QED) is 0.233. The highest BCUT2D eigenvalue weighted by Crippen LogP contribution is 2.53. The predicted octanol–water partition coefficient (Wildman–Crippen LogP) is 5.41. The molecule has 3 amide bonds. The van der Waals surface area contributed by atoms with Gasteiger partial charge in [0.1, 0.15) is 16.7 Å². The second-order valence-electron chi connectivity index (χ2n) is 10.4. The Balaban J connectivity index is 1.10. The number of aromatic amines is 1. The maximum absolute atomic E-state index is 13.9. The van der Waals surface area contributed by atoms with Crippen LogP contribution >= 0.6 is 23.1 Å². The van der Waals surface area contributed by atoms with Gasteiger partial charge >= 0.3 is 4.87 Å². The van der Waals surface area contributed by atoms with E-state index in [0.29, 0.717) is 27.9 Å². The van der Waals surface area contributed by atoms with Gasteiger partial charge in [-0.1, -0.05) is 65.6 Å². The van der Waals surface area contributed by atoms with Crippen molar-refractivity contribution in [2.75, 3.05) is 23.9 Å². The maximum Gasteiger partial charge on any atom is 0.305 e. The number of benzene rings is 4. The molecule has 1 saturated heterocycles. The first-order valence-corrected chi connectivity index (χ1v) is 15.5. The molecule has 2 N–H and O–H groups in total. The molecule has 220 valence electrons. The van der Waals surface area contributed by atoms with E-state index < -0.39 is 17.1 Å². The van der Waals surface area contributed by atoms with E-state index >= 15 is 0 Å². The predicted molar refractivity (Wildman–Crippen MR) is 170 cm³/mol. The molecule has 2 aliphatic heterocycles. The number of imide groups is 1. The van der Waals surface area contributed by atoms with Gasteiger partial charge in [-0.2, -0.15) is 0 Å². The summed E-state index contributed by atoms with van der Waals surface area (Å²) in [5, 5.41) is 4.88. The van der Waals surface area contributed by atoms with Crippen LogP contribution in [0.3, 0.4) is 0 Å². The SMILES string of the molecule is COc1ccc(N2C(=O)C3Sc4[nH]c(=O)sc4[C@H](c4ccc(OCC(=O)Nc5ccc6ccccc6c5)cc4)C3C2=O)cc1. The molecule has 4 aromatic carbocycles. The standard InChI is InChI=1S/C33H25N3O6S2/c1-41-23-14-10-22(11-15-23)36-31(38)27-26(28-30(35-33(40)44-28)43-29(27)32(36)39)19-7-12-24(13-8-19)42-17-25(37)34-21-9-6-18-4-2-3-5-20(18)16-21/h2-16,26-27,29H,17H2,1H3,(H,34,37)(H,35,40)/t26-,27?,29?/m1/s1. The van der Waals surface area contributed by atoms with Crippen molar-refractivity contribution in [1.29, 1.82) is 0 Å². The summed E-state index contributed by atoms with van der Waals surface area (Å²) in [6.07, 6.45) is 0. The van der Waals surface area contributed by atoms with Crippen molar-refractivity contribution in [3.63, 3.8) is 0 Å². The minimum Gasteiger partial charge on any atom is -0.497 e. The largest absolute Gasteiger partial charge is 0.497 e. The number of nitrogens with one attached hydrogen (secondary N) is 2. The molecule has 3 atom stereocenters. The Kier molecular flexibility index (Phi) is 7.19. The first-order valence-electron chi connectivity index (χ1n) is 13.8. The number of aromatic nitrogens is 1. The fraction of sp³-hybridized carbons (Fsp3) is 0.152. The molecular weight excluding hydrogens is 599 g/mol. The Morgan fingerprint density at radius 3 is 2.36 bits per heavy atom. The van der Waals surface area contributed by atoms with Crippen LogP contribution in [0.15, 0.2) is 101 Å². The lowest BCUT2D eigenvalue weighted by Gasteiger charge is -2.29. The molecule has 3 heterocycles. The third-order valence-corrected chi connectivity index (χ3v) is 10.2. The number of methoxy groups -OCH3 is 1. The molecule has 0 spiro atoms. The third-order valence-electron chi connectivity index (χ3n) is 7.80. The molecule has 44 heavy (non-hydrogen) atoms. The first-order chi connectivity index (χ1) is 21.4. The van der Waals surface area contributed by atoms with Gasteiger partial charge in [-0.3, -0.25) is 19.2 Å². The van der Waals surface area contributed by atoms with Crippen molar-refractivity contribution in [2.45, 2.75) is 16.2 Å². The third kappa shape index (κ3) is 5.03. The Morgan fingerprint density at radius 1 is 0.886 bits per heavy atom. The minimum absolute atomic E-state index is 0.190. The molecule has 1 aromatic heterocycles. The van der Waals surface area contributed by atoms with Gasteiger partial charge in [0.25, 0.3) is 5.91 Å². The number of rotatable bonds is 7. The van der Waals surface area contributed by atoms with Gasteiger partial charge in [-0.25, -0.2) is 4.90 Å². The molecule has 0 bridgehead atoms. The number of amides is 3. The van der Waals surface area contributed by atoms with Gasteiger partial charge in [-0.05, 0) is 64.9 Å². The van der Waals surface area contributed by atoms with Crippen molar-refractivity contribution >= 4 is 63.0 Å². The first kappa shape index (κ1) is 27.9. The van der Waals surface area contributed by atoms with Crippen molar-refractivity contribution in [3.05, 3.63) is 111 Å². The average molecular weight is 624 g/mol. The molecule has 1 fully saturated rings. The summed E-state index contributed by atoms with van der Waals surface area (Å²) in [6, 6.07) is 27.5. The zero-order chi connectivity index (χ0) is 30.4. The number of carbonyl (C=O) groups excluding carboxylic acids is 3. The Morgan fingerprint density at radius 2 is 1.61 bits per heavy atom. The molecule has 2 aliphatic rings. The highest BCUT2D eigenvalue weighted by Gasteiger charge is 2.56. The number of nitrogens with zero attached hydrogens (tertiary/aromatic N) is 1. The number of anilines is 2. The van der Waals surface area contributed by atoms with Gasteiger partial charge in [-0.15, -0.1) is 0 Å². The molecular formula is C33H25N3O6S2. The molecule has 0 aliphatic carbocycles. The summed E-state index contributed by atoms with van der Waals surface area (Å²) in [7, 11) is 1.55. The van der Waals surface area contributed by atoms with Crippen LogP contribution in [-0.4, -0.2) is 41.7 Å². The molecule has 0 saturated carbocycles. The van der Waals surface area contributed by atoms with Crippen LogP contribution < -0.4 is 24.6 Å². The molecule has 0 radical (unpaired) electrons. The average Bonchev–Trinajstić information content (AvgIpc) is 3.54. The van der Waals surface area contributed by atoms with Gasteiger partial charge in [0.2, 0.25) is 11.8 Å². The second kappa shape index (κ2) is 11.3. The molecule has 7 rings (SSSR count). The van der Waals surface area contributed by atoms with Gasteiger partial charge in [0.15, 0.2) is 6.61 Å². The lowest BCUT2D eigenvalue weighted by molar-refractivity contribution is -0.122. The van der Waals surface area contributed by atoms with Crippen LogP contribution in [0.25, 0.3) is 10.8 Å². The Labute approximate surface area is 259 Å². The topological polar surface area (TPSA) is 118 Å². The van der Waals surface area contributed by atoms with Crippen LogP contribution in [0.4, 0.5) is 11.4 Å². The smallest absolute Gasteiger partial charge is 0.305 e. The van der Waals surface area contributed by atoms with Crippen LogP contribution in [0, 0.1) is 5.92 Å². The minimum atomic E-state index is -0.701. The number of fused-ring (bicyclic) bond motifs is 3. The summed E-state index contributed by atoms with van der Waals surface area (Å²) in [5.41, 5.74) is 1.91. The molecule has 9 nitrogen and oxygen atoms in total. The summed E-state index contributed by atoms with van der Waals surface area (Å²) in [6.45, 7) is -0.190. The van der Waals surface area contributed by atoms with Crippen molar-refractivity contribution in [3.8, 4) is 11.5 Å². The lowest BCUT2D eigenvalue weighted by Crippen LogP contribution is -2.32. The normalized spacial score (nSPS) is 19.0. The number of hydrogen-bond donors (Lipinski definition) is 2. The van der Waals surface area contributed by atoms with E-state index in [-0.39, 0.29) is 29.2 Å². The zero-order valence-electron chi connectivity index (χ0n) is 23.3. The number of thioether (sulfide) groups is 1. The van der Waals surface area contributed by atoms with E-state index in [4.69, 9.17) is 9.47 Å². The summed E-state index contributed by atoms with van der Waals surface area (Å²) in [5.74, 6) is -1.06. The van der Waals surface area contributed by atoms with Crippen LogP contribution in [0.5, 0.6) is 11.5 Å². The van der Waals surface area contributed by atoms with E-state index in [1.807, 2.05) is 54.6 Å². The Hall–Kier alpha value is -4.87. The highest BCUT2D eigenvalue weighted by atomic mass is 32.2. The van der Waals surface area contributed by atoms with Crippen molar-refractivity contribution < 1.29 is 23.9 Å². The fourth-order valence-corrected chi connectivity index (χ4v) is 8.26. The van der Waals surface area contributed by atoms with Crippen LogP contribution in [-0.2, 0) is 14.4 Å². The molecule has 2 unspecified atom stereocenters. The number of carbonyl (C=O) groups is 3. The van der Waals surface area contributed by atoms with Gasteiger partial charge in [0.05, 0.1) is 23.7 Å². The fourth-order valence-electron chi connectivity index (χ4n) is 5.75. The van der Waals surface area contributed by atoms with E-state index in [9.17, 15) is 19.2 Å². The monoisotopic (exact) mass is 623 g/mol. The summed E-state index contributed by atoms with van der Waals surface area (Å²) in [4.78, 5) is 57.0. The van der Waals surface area contributed by atoms with Crippen LogP contribution in [0.2, 0.25) is 0 Å². The highest BCUT2D eigenvalue weighted by molar-refractivity contribution is 8.00. The van der Waals surface area contributed by atoms with E-state index in [2.05, 4.69) is 10.3 Å². The van der Waals surface area contributed by atoms with Gasteiger partial charge in [0, 0.05) is 16.5 Å². The molecule has 5 aromatic rings. The second-order valence-corrected chi connectivity index (χ2v) is 12.6. The molecule has 11 heteroatoms. The number of hydrogen-bond acceptors (Lipinski definition) is 8. The van der Waals surface area contributed by atoms with Crippen molar-refractivity contribution in [2.24, 2.45) is 5.92 Å². The van der Waals surface area contributed by atoms with E-state index in [0.717, 1.165) is 32.5 Å². The lowest BCUT2D eigenvalue weighted by atomic mass is 9.83. The van der Waals surface area contributed by atoms with Crippen LogP contribution in [0.1, 0.15) is 16.4 Å². The Bertz CT molecular complexity index is 1970. The number of thiazole rings is 1. The van der Waals surface area contributed by atoms with Crippen molar-refractivity contribution in [1.82, 2.24) is 4.98 Å². The summed E-state index contributed by atoms with van der Waals surface area (Å²) >= 11 is 2.28. The van der Waals surface area contributed by atoms with E-state index in [1.165, 1.54) is 16.7 Å². The number of H-pyrrole nitrogens is 1. The van der Waals surface area contributed by atoms with E-state index in [1.54, 1.807) is 43.5 Å². The zero-order valence-corrected chi connectivity index (χ0v) is 24.9. The maximum atomic E-state index is 13.9. The number of ether oxygens (including phenoxy) is 2.